The summed E-state index contributed by atoms with van der Waals surface area (Å²) >= 11 is 0. The topological polar surface area (TPSA) is 68.2 Å². The van der Waals surface area contributed by atoms with Crippen LogP contribution in [0.15, 0.2) is 24.5 Å². The number of amides is 1. The molecule has 0 saturated carbocycles. The lowest BCUT2D eigenvalue weighted by Gasteiger charge is -2.19. The Morgan fingerprint density at radius 3 is 2.82 bits per heavy atom. The number of alkyl carbamates (subject to hydrolysis) is 1. The van der Waals surface area contributed by atoms with E-state index in [0.29, 0.717) is 13.1 Å². The molecule has 0 saturated heterocycles. The molecular formula is C16H24N4O2. The molecule has 1 aromatic heterocycles. The third kappa shape index (κ3) is 4.73. The highest BCUT2D eigenvalue weighted by molar-refractivity contribution is 5.75. The molecule has 120 valence electrons. The predicted molar refractivity (Wildman–Crippen MR) is 86.7 cm³/mol. The maximum absolute atomic E-state index is 11.5. The molecule has 2 aromatic rings. The Hall–Kier alpha value is -2.08. The van der Waals surface area contributed by atoms with Gasteiger partial charge >= 0.3 is 6.09 Å². The van der Waals surface area contributed by atoms with Gasteiger partial charge in [-0.1, -0.05) is 6.07 Å². The Kier molecular flexibility index (Phi) is 5.03. The molecule has 22 heavy (non-hydrogen) atoms. The minimum atomic E-state index is -0.462. The molecule has 0 atom stereocenters. The molecule has 0 aliphatic carbocycles. The molecule has 0 aliphatic heterocycles. The van der Waals surface area contributed by atoms with Gasteiger partial charge in [0.25, 0.3) is 0 Å². The van der Waals surface area contributed by atoms with Crippen LogP contribution in [0.3, 0.4) is 0 Å². The van der Waals surface area contributed by atoms with Gasteiger partial charge in [0.15, 0.2) is 0 Å². The molecule has 2 N–H and O–H groups in total. The molecule has 2 rings (SSSR count). The van der Waals surface area contributed by atoms with Crippen molar-refractivity contribution in [1.29, 1.82) is 0 Å². The van der Waals surface area contributed by atoms with Gasteiger partial charge in [-0.3, -0.25) is 0 Å². The van der Waals surface area contributed by atoms with Crippen LogP contribution in [0.25, 0.3) is 11.0 Å². The number of rotatable bonds is 5. The molecule has 6 nitrogen and oxygen atoms in total. The lowest BCUT2D eigenvalue weighted by Crippen LogP contribution is -2.36. The maximum Gasteiger partial charge on any atom is 0.407 e. The van der Waals surface area contributed by atoms with Crippen molar-refractivity contribution in [2.45, 2.75) is 32.9 Å². The first-order valence-corrected chi connectivity index (χ1v) is 7.43. The van der Waals surface area contributed by atoms with Crippen LogP contribution in [-0.2, 0) is 18.3 Å². The molecular weight excluding hydrogens is 280 g/mol. The summed E-state index contributed by atoms with van der Waals surface area (Å²) in [4.78, 5) is 15.8. The van der Waals surface area contributed by atoms with E-state index in [4.69, 9.17) is 4.74 Å². The molecule has 6 heteroatoms. The fourth-order valence-corrected chi connectivity index (χ4v) is 2.08. The Labute approximate surface area is 130 Å². The summed E-state index contributed by atoms with van der Waals surface area (Å²) in [6, 6.07) is 6.20. The lowest BCUT2D eigenvalue weighted by atomic mass is 10.2. The number of aryl methyl sites for hydroxylation is 1. The zero-order chi connectivity index (χ0) is 16.2. The Bertz CT molecular complexity index is 643. The summed E-state index contributed by atoms with van der Waals surface area (Å²) in [6.45, 7) is 7.50. The van der Waals surface area contributed by atoms with Gasteiger partial charge < -0.3 is 19.9 Å². The van der Waals surface area contributed by atoms with Gasteiger partial charge in [-0.05, 0) is 38.5 Å². The van der Waals surface area contributed by atoms with Crippen LogP contribution >= 0.6 is 0 Å². The third-order valence-corrected chi connectivity index (χ3v) is 3.09. The fourth-order valence-electron chi connectivity index (χ4n) is 2.08. The van der Waals surface area contributed by atoms with Gasteiger partial charge in [0.2, 0.25) is 0 Å². The quantitative estimate of drug-likeness (QED) is 0.831. The van der Waals surface area contributed by atoms with Gasteiger partial charge in [-0.2, -0.15) is 0 Å². The van der Waals surface area contributed by atoms with Crippen LogP contribution in [0.1, 0.15) is 26.3 Å². The van der Waals surface area contributed by atoms with Crippen LogP contribution in [0.2, 0.25) is 0 Å². The van der Waals surface area contributed by atoms with Gasteiger partial charge in [0.05, 0.1) is 17.4 Å². The number of aromatic nitrogens is 2. The maximum atomic E-state index is 11.5. The second-order valence-corrected chi connectivity index (χ2v) is 6.28. The van der Waals surface area contributed by atoms with Crippen molar-refractivity contribution < 1.29 is 9.53 Å². The van der Waals surface area contributed by atoms with E-state index in [1.807, 2.05) is 44.8 Å². The van der Waals surface area contributed by atoms with Gasteiger partial charge in [0.1, 0.15) is 5.60 Å². The second kappa shape index (κ2) is 6.79. The zero-order valence-corrected chi connectivity index (χ0v) is 13.6. The van der Waals surface area contributed by atoms with E-state index < -0.39 is 5.60 Å². The van der Waals surface area contributed by atoms with Crippen molar-refractivity contribution in [2.24, 2.45) is 7.05 Å². The third-order valence-electron chi connectivity index (χ3n) is 3.09. The first kappa shape index (κ1) is 16.3. The number of carbonyl (C=O) groups excluding carboxylic acids is 1. The number of nitrogens with one attached hydrogen (secondary N) is 2. The summed E-state index contributed by atoms with van der Waals surface area (Å²) in [7, 11) is 1.98. The Morgan fingerprint density at radius 1 is 1.32 bits per heavy atom. The number of fused-ring (bicyclic) bond motifs is 1. The van der Waals surface area contributed by atoms with Crippen molar-refractivity contribution in [1.82, 2.24) is 20.2 Å². The molecule has 0 spiro atoms. The summed E-state index contributed by atoms with van der Waals surface area (Å²) in [6.07, 6.45) is 1.43. The van der Waals surface area contributed by atoms with Crippen molar-refractivity contribution >= 4 is 17.1 Å². The highest BCUT2D eigenvalue weighted by Crippen LogP contribution is 2.13. The molecule has 0 aliphatic rings. The van der Waals surface area contributed by atoms with E-state index in [-0.39, 0.29) is 6.09 Å². The first-order valence-electron chi connectivity index (χ1n) is 7.43. The number of nitrogens with zero attached hydrogens (tertiary/aromatic N) is 2. The second-order valence-electron chi connectivity index (χ2n) is 6.28. The van der Waals surface area contributed by atoms with E-state index >= 15 is 0 Å². The van der Waals surface area contributed by atoms with Crippen LogP contribution in [0.4, 0.5) is 4.79 Å². The normalized spacial score (nSPS) is 11.6. The first-order chi connectivity index (χ1) is 10.3. The summed E-state index contributed by atoms with van der Waals surface area (Å²) in [5.74, 6) is 0. The highest BCUT2D eigenvalue weighted by Gasteiger charge is 2.15. The van der Waals surface area contributed by atoms with Crippen molar-refractivity contribution in [2.75, 3.05) is 13.1 Å². The lowest BCUT2D eigenvalue weighted by molar-refractivity contribution is 0.0528. The van der Waals surface area contributed by atoms with Crippen LogP contribution in [0.5, 0.6) is 0 Å². The molecule has 0 radical (unpaired) electrons. The highest BCUT2D eigenvalue weighted by atomic mass is 16.6. The predicted octanol–water partition coefficient (Wildman–Crippen LogP) is 2.19. The monoisotopic (exact) mass is 304 g/mol. The molecule has 0 bridgehead atoms. The minimum absolute atomic E-state index is 0.384. The number of imidazole rings is 1. The Balaban J connectivity index is 1.72. The van der Waals surface area contributed by atoms with Crippen LogP contribution in [-0.4, -0.2) is 34.3 Å². The standard InChI is InChI=1S/C16H24N4O2/c1-16(2,3)22-15(21)18-8-7-17-10-12-5-6-13-14(9-12)20(4)11-19-13/h5-6,9,11,17H,7-8,10H2,1-4H3,(H,18,21). The summed E-state index contributed by atoms with van der Waals surface area (Å²) in [5.41, 5.74) is 2.84. The van der Waals surface area contributed by atoms with E-state index in [2.05, 4.69) is 27.8 Å². The molecule has 1 amide bonds. The largest absolute Gasteiger partial charge is 0.444 e. The molecule has 0 unspecified atom stereocenters. The van der Waals surface area contributed by atoms with Crippen LogP contribution < -0.4 is 10.6 Å². The average Bonchev–Trinajstić information content (AvgIpc) is 2.78. The van der Waals surface area contributed by atoms with E-state index in [1.54, 1.807) is 0 Å². The Morgan fingerprint density at radius 2 is 2.09 bits per heavy atom. The average molecular weight is 304 g/mol. The molecule has 1 aromatic carbocycles. The smallest absolute Gasteiger partial charge is 0.407 e. The van der Waals surface area contributed by atoms with Crippen molar-refractivity contribution in [3.05, 3.63) is 30.1 Å². The number of hydrogen-bond acceptors (Lipinski definition) is 4. The van der Waals surface area contributed by atoms with Gasteiger partial charge in [-0.15, -0.1) is 0 Å². The zero-order valence-electron chi connectivity index (χ0n) is 13.6. The van der Waals surface area contributed by atoms with Crippen LogP contribution in [0, 0.1) is 0 Å². The number of carbonyl (C=O) groups is 1. The van der Waals surface area contributed by atoms with Crippen molar-refractivity contribution in [3.63, 3.8) is 0 Å². The van der Waals surface area contributed by atoms with E-state index in [0.717, 1.165) is 17.6 Å². The minimum Gasteiger partial charge on any atom is -0.444 e. The molecule has 0 fully saturated rings. The number of benzene rings is 1. The SMILES string of the molecule is Cn1cnc2ccc(CNCCNC(=O)OC(C)(C)C)cc21. The number of hydrogen-bond donors (Lipinski definition) is 2. The number of ether oxygens (including phenoxy) is 1. The van der Waals surface area contributed by atoms with E-state index in [9.17, 15) is 4.79 Å². The van der Waals surface area contributed by atoms with E-state index in [1.165, 1.54) is 5.56 Å². The summed E-state index contributed by atoms with van der Waals surface area (Å²) < 4.78 is 7.17. The summed E-state index contributed by atoms with van der Waals surface area (Å²) in [5, 5.41) is 6.02. The van der Waals surface area contributed by atoms with Gasteiger partial charge in [-0.25, -0.2) is 9.78 Å². The fraction of sp³-hybridized carbons (Fsp3) is 0.500. The molecule has 1 heterocycles. The van der Waals surface area contributed by atoms with Crippen molar-refractivity contribution in [3.8, 4) is 0 Å². The van der Waals surface area contributed by atoms with Gasteiger partial charge in [0, 0.05) is 26.7 Å².